The topological polar surface area (TPSA) is 0 Å². The van der Waals surface area contributed by atoms with Gasteiger partial charge in [-0.15, -0.1) is 0 Å². The highest BCUT2D eigenvalue weighted by Crippen LogP contribution is 2.17. The van der Waals surface area contributed by atoms with E-state index >= 15 is 0 Å². The summed E-state index contributed by atoms with van der Waals surface area (Å²) in [5.74, 6) is 0. The quantitative estimate of drug-likeness (QED) is 0.500. The molecule has 0 amide bonds. The first kappa shape index (κ1) is 12.7. The molecule has 0 nitrogen and oxygen atoms in total. The van der Waals surface area contributed by atoms with Crippen LogP contribution in [0.5, 0.6) is 0 Å². The Kier molecular flexibility index (Phi) is 3.93. The minimum atomic E-state index is 1.21. The van der Waals surface area contributed by atoms with Gasteiger partial charge in [-0.1, -0.05) is 84.9 Å². The molecule has 0 radical (unpaired) electrons. The molecule has 1 aliphatic rings. The van der Waals surface area contributed by atoms with Crippen molar-refractivity contribution in [1.29, 1.82) is 0 Å². The average molecular weight is 258 g/mol. The summed E-state index contributed by atoms with van der Waals surface area (Å²) in [6.45, 7) is 0. The molecular weight excluding hydrogens is 240 g/mol. The third-order valence-corrected chi connectivity index (χ3v) is 3.59. The maximum Gasteiger partial charge on any atom is -0.0184 e. The first-order valence-corrected chi connectivity index (χ1v) is 7.12. The molecule has 0 aliphatic heterocycles. The first-order chi connectivity index (χ1) is 9.93. The highest BCUT2D eigenvalue weighted by Gasteiger charge is 2.00. The molecule has 0 saturated heterocycles. The van der Waals surface area contributed by atoms with E-state index in [1.54, 1.807) is 0 Å². The standard InChI is InChI=1S/C10H10.C10H8/c2*1-2-6-10-8-4-3-7-9(10)5-1/h1-3,5-7H,4,8H2;1-8H. The van der Waals surface area contributed by atoms with E-state index in [-0.39, 0.29) is 0 Å². The van der Waals surface area contributed by atoms with Gasteiger partial charge in [-0.05, 0) is 34.7 Å². The fraction of sp³-hybridized carbons (Fsp3) is 0.100. The van der Waals surface area contributed by atoms with Crippen LogP contribution in [0.4, 0.5) is 0 Å². The van der Waals surface area contributed by atoms with Gasteiger partial charge in [0.25, 0.3) is 0 Å². The molecule has 4 rings (SSSR count). The van der Waals surface area contributed by atoms with Gasteiger partial charge >= 0.3 is 0 Å². The second kappa shape index (κ2) is 6.21. The van der Waals surface area contributed by atoms with Gasteiger partial charge in [0.05, 0.1) is 0 Å². The van der Waals surface area contributed by atoms with Crippen LogP contribution in [0.2, 0.25) is 0 Å². The number of rotatable bonds is 0. The summed E-state index contributed by atoms with van der Waals surface area (Å²) >= 11 is 0. The predicted molar refractivity (Wildman–Crippen MR) is 87.7 cm³/mol. The summed E-state index contributed by atoms with van der Waals surface area (Å²) in [6.07, 6.45) is 6.87. The lowest BCUT2D eigenvalue weighted by Gasteiger charge is -2.07. The van der Waals surface area contributed by atoms with Crippen LogP contribution >= 0.6 is 0 Å². The molecule has 3 aromatic rings. The second-order valence-electron chi connectivity index (χ2n) is 4.99. The van der Waals surface area contributed by atoms with Crippen molar-refractivity contribution >= 4 is 16.8 Å². The zero-order valence-electron chi connectivity index (χ0n) is 11.5. The molecule has 98 valence electrons. The van der Waals surface area contributed by atoms with Crippen molar-refractivity contribution in [2.45, 2.75) is 12.8 Å². The third-order valence-electron chi connectivity index (χ3n) is 3.59. The molecule has 0 heterocycles. The molecule has 0 unspecified atom stereocenters. The van der Waals surface area contributed by atoms with Crippen molar-refractivity contribution in [3.63, 3.8) is 0 Å². The number of fused-ring (bicyclic) bond motifs is 2. The number of benzene rings is 3. The Morgan fingerprint density at radius 1 is 0.600 bits per heavy atom. The lowest BCUT2D eigenvalue weighted by Crippen LogP contribution is -1.91. The maximum absolute atomic E-state index is 2.24. The van der Waals surface area contributed by atoms with Crippen LogP contribution in [-0.4, -0.2) is 0 Å². The second-order valence-corrected chi connectivity index (χ2v) is 4.99. The summed E-state index contributed by atoms with van der Waals surface area (Å²) in [7, 11) is 0. The van der Waals surface area contributed by atoms with Crippen molar-refractivity contribution in [1.82, 2.24) is 0 Å². The number of aryl methyl sites for hydroxylation is 1. The monoisotopic (exact) mass is 258 g/mol. The first-order valence-electron chi connectivity index (χ1n) is 7.12. The molecule has 0 atom stereocenters. The zero-order chi connectivity index (χ0) is 13.6. The highest BCUT2D eigenvalue weighted by atomic mass is 14.1. The highest BCUT2D eigenvalue weighted by molar-refractivity contribution is 5.82. The van der Waals surface area contributed by atoms with Gasteiger partial charge in [-0.3, -0.25) is 0 Å². The molecule has 0 fully saturated rings. The van der Waals surface area contributed by atoms with Crippen molar-refractivity contribution in [2.24, 2.45) is 0 Å². The summed E-state index contributed by atoms with van der Waals surface area (Å²) in [5.41, 5.74) is 2.89. The van der Waals surface area contributed by atoms with E-state index in [1.807, 2.05) is 0 Å². The Morgan fingerprint density at radius 2 is 1.15 bits per heavy atom. The van der Waals surface area contributed by atoms with E-state index in [0.29, 0.717) is 0 Å². The van der Waals surface area contributed by atoms with Crippen molar-refractivity contribution in [3.8, 4) is 0 Å². The maximum atomic E-state index is 2.24. The summed E-state index contributed by atoms with van der Waals surface area (Å²) in [6, 6.07) is 25.3. The largest absolute Gasteiger partial charge is 0.0836 e. The third kappa shape index (κ3) is 2.97. The fourth-order valence-electron chi connectivity index (χ4n) is 2.51. The van der Waals surface area contributed by atoms with Crippen LogP contribution in [-0.2, 0) is 6.42 Å². The molecule has 0 spiro atoms. The van der Waals surface area contributed by atoms with E-state index in [1.165, 1.54) is 34.7 Å². The van der Waals surface area contributed by atoms with Gasteiger partial charge in [0, 0.05) is 0 Å². The molecular formula is C20H18. The van der Waals surface area contributed by atoms with Gasteiger partial charge in [-0.25, -0.2) is 0 Å². The van der Waals surface area contributed by atoms with E-state index < -0.39 is 0 Å². The number of hydrogen-bond donors (Lipinski definition) is 0. The van der Waals surface area contributed by atoms with Crippen molar-refractivity contribution in [2.75, 3.05) is 0 Å². The van der Waals surface area contributed by atoms with Gasteiger partial charge in [0.2, 0.25) is 0 Å². The Balaban J connectivity index is 0.000000121. The molecule has 20 heavy (non-hydrogen) atoms. The minimum absolute atomic E-state index is 1.21. The van der Waals surface area contributed by atoms with Crippen LogP contribution in [0, 0.1) is 0 Å². The Labute approximate surface area is 120 Å². The Bertz CT molecular complexity index is 657. The molecule has 0 heteroatoms. The average Bonchev–Trinajstić information content (AvgIpc) is 2.56. The smallest absolute Gasteiger partial charge is 0.0184 e. The van der Waals surface area contributed by atoms with Crippen LogP contribution in [0.3, 0.4) is 0 Å². The predicted octanol–water partition coefficient (Wildman–Crippen LogP) is 5.49. The van der Waals surface area contributed by atoms with Gasteiger partial charge < -0.3 is 0 Å². The van der Waals surface area contributed by atoms with E-state index in [0.717, 1.165) is 0 Å². The zero-order valence-corrected chi connectivity index (χ0v) is 11.5. The molecule has 0 saturated carbocycles. The van der Waals surface area contributed by atoms with Gasteiger partial charge in [0.1, 0.15) is 0 Å². The molecule has 0 N–H and O–H groups in total. The molecule has 0 bridgehead atoms. The van der Waals surface area contributed by atoms with Crippen molar-refractivity contribution < 1.29 is 0 Å². The normalized spacial score (nSPS) is 12.4. The molecule has 3 aromatic carbocycles. The van der Waals surface area contributed by atoms with E-state index in [9.17, 15) is 0 Å². The molecule has 1 aliphatic carbocycles. The Morgan fingerprint density at radius 3 is 1.75 bits per heavy atom. The van der Waals surface area contributed by atoms with E-state index in [4.69, 9.17) is 0 Å². The van der Waals surface area contributed by atoms with Gasteiger partial charge in [0.15, 0.2) is 0 Å². The summed E-state index contributed by atoms with van der Waals surface area (Å²) in [4.78, 5) is 0. The lowest BCUT2D eigenvalue weighted by molar-refractivity contribution is 0.986. The van der Waals surface area contributed by atoms with Crippen LogP contribution in [0.25, 0.3) is 16.8 Å². The van der Waals surface area contributed by atoms with Gasteiger partial charge in [-0.2, -0.15) is 0 Å². The van der Waals surface area contributed by atoms with Crippen molar-refractivity contribution in [3.05, 3.63) is 90.0 Å². The van der Waals surface area contributed by atoms with E-state index in [2.05, 4.69) is 84.9 Å². The van der Waals surface area contributed by atoms with Crippen LogP contribution in [0.15, 0.2) is 78.9 Å². The van der Waals surface area contributed by atoms with Crippen LogP contribution in [0.1, 0.15) is 17.5 Å². The van der Waals surface area contributed by atoms with Crippen LogP contribution < -0.4 is 0 Å². The Hall–Kier alpha value is -2.34. The summed E-state index contributed by atoms with van der Waals surface area (Å²) < 4.78 is 0. The molecule has 0 aromatic heterocycles. The number of hydrogen-bond acceptors (Lipinski definition) is 0. The lowest BCUT2D eigenvalue weighted by atomic mass is 9.98. The fourth-order valence-corrected chi connectivity index (χ4v) is 2.51. The minimum Gasteiger partial charge on any atom is -0.0836 e. The SMILES string of the molecule is C1=Cc2ccccc2CC1.c1ccc2ccccc2c1. The number of allylic oxidation sites excluding steroid dienone is 1. The summed E-state index contributed by atoms with van der Waals surface area (Å²) in [5, 5.41) is 2.62.